The highest BCUT2D eigenvalue weighted by atomic mass is 79.9. The van der Waals surface area contributed by atoms with Gasteiger partial charge in [0.2, 0.25) is 0 Å². The van der Waals surface area contributed by atoms with Crippen molar-refractivity contribution in [1.82, 2.24) is 9.88 Å². The predicted octanol–water partition coefficient (Wildman–Crippen LogP) is 4.91. The van der Waals surface area contributed by atoms with Gasteiger partial charge in [-0.3, -0.25) is 14.6 Å². The molecule has 1 atom stereocenters. The van der Waals surface area contributed by atoms with Crippen molar-refractivity contribution in [2.24, 2.45) is 0 Å². The number of hydrogen-bond donors (Lipinski definition) is 1. The summed E-state index contributed by atoms with van der Waals surface area (Å²) in [6.07, 6.45) is 3.16. The van der Waals surface area contributed by atoms with Gasteiger partial charge in [-0.1, -0.05) is 40.2 Å². The minimum absolute atomic E-state index is 0.0717. The molecule has 3 aromatic rings. The third-order valence-electron chi connectivity index (χ3n) is 5.27. The summed E-state index contributed by atoms with van der Waals surface area (Å²) >= 11 is 3.41. The van der Waals surface area contributed by atoms with Crippen molar-refractivity contribution < 1.29 is 19.1 Å². The topological polar surface area (TPSA) is 70.5 Å². The van der Waals surface area contributed by atoms with Crippen LogP contribution in [0.1, 0.15) is 28.3 Å². The summed E-state index contributed by atoms with van der Waals surface area (Å²) in [5, 5.41) is 11.1. The lowest BCUT2D eigenvalue weighted by Crippen LogP contribution is -2.29. The number of carbonyl (C=O) groups is 2. The number of aromatic nitrogens is 1. The van der Waals surface area contributed by atoms with Crippen LogP contribution in [0.5, 0.6) is 0 Å². The number of carbonyl (C=O) groups excluding carboxylic acids is 2. The number of hydrogen-bond acceptors (Lipinski definition) is 4. The summed E-state index contributed by atoms with van der Waals surface area (Å²) in [6.45, 7) is 1.92. The Kier molecular flexibility index (Phi) is 5.69. The fraction of sp³-hybridized carbons (Fsp3) is 0.125. The Labute approximate surface area is 187 Å². The molecule has 1 saturated heterocycles. The van der Waals surface area contributed by atoms with Crippen LogP contribution in [0.25, 0.3) is 5.76 Å². The van der Waals surface area contributed by atoms with E-state index in [1.165, 1.54) is 23.1 Å². The Morgan fingerprint density at radius 1 is 1.13 bits per heavy atom. The van der Waals surface area contributed by atoms with E-state index >= 15 is 0 Å². The summed E-state index contributed by atoms with van der Waals surface area (Å²) in [5.74, 6) is -2.53. The van der Waals surface area contributed by atoms with E-state index in [-0.39, 0.29) is 23.4 Å². The highest BCUT2D eigenvalue weighted by Crippen LogP contribution is 2.41. The standard InChI is InChI=1S/C24H18BrFN2O3/c1-14-12-16(6-7-18(14)25)22(29)20-21(17-4-2-3-5-19(17)26)28(24(31)23(20)30)13-15-8-10-27-11-9-15/h2-12,21,29H,13H2,1H3/b22-20+. The second-order valence-corrected chi connectivity index (χ2v) is 8.12. The van der Waals surface area contributed by atoms with Crippen molar-refractivity contribution >= 4 is 33.4 Å². The van der Waals surface area contributed by atoms with Crippen LogP contribution in [0.2, 0.25) is 0 Å². The van der Waals surface area contributed by atoms with Crippen LogP contribution < -0.4 is 0 Å². The maximum atomic E-state index is 14.8. The van der Waals surface area contributed by atoms with Crippen LogP contribution in [0.4, 0.5) is 4.39 Å². The first-order chi connectivity index (χ1) is 14.9. The maximum absolute atomic E-state index is 14.8. The van der Waals surface area contributed by atoms with Crippen LogP contribution in [-0.2, 0) is 16.1 Å². The fourth-order valence-corrected chi connectivity index (χ4v) is 3.94. The molecule has 0 spiro atoms. The van der Waals surface area contributed by atoms with Gasteiger partial charge in [-0.25, -0.2) is 4.39 Å². The molecule has 0 aliphatic carbocycles. The third-order valence-corrected chi connectivity index (χ3v) is 6.16. The lowest BCUT2D eigenvalue weighted by atomic mass is 9.94. The summed E-state index contributed by atoms with van der Waals surface area (Å²) in [5.41, 5.74) is 1.97. The Balaban J connectivity index is 1.90. The lowest BCUT2D eigenvalue weighted by molar-refractivity contribution is -0.140. The zero-order valence-electron chi connectivity index (χ0n) is 16.5. The molecule has 5 nitrogen and oxygen atoms in total. The zero-order valence-corrected chi connectivity index (χ0v) is 18.1. The Bertz CT molecular complexity index is 1210. The van der Waals surface area contributed by atoms with Gasteiger partial charge in [-0.2, -0.15) is 0 Å². The molecular formula is C24H18BrFN2O3. The number of rotatable bonds is 4. The van der Waals surface area contributed by atoms with Crippen molar-refractivity contribution in [3.05, 3.63) is 105 Å². The molecule has 7 heteroatoms. The second kappa shape index (κ2) is 8.43. The minimum atomic E-state index is -1.06. The molecule has 0 saturated carbocycles. The smallest absolute Gasteiger partial charge is 0.295 e. The van der Waals surface area contributed by atoms with Crippen molar-refractivity contribution in [3.63, 3.8) is 0 Å². The molecular weight excluding hydrogens is 463 g/mol. The number of halogens is 2. The molecule has 1 aromatic heterocycles. The number of aryl methyl sites for hydroxylation is 1. The number of aliphatic hydroxyl groups excluding tert-OH is 1. The molecule has 0 radical (unpaired) electrons. The molecule has 1 amide bonds. The molecule has 1 aliphatic heterocycles. The maximum Gasteiger partial charge on any atom is 0.295 e. The second-order valence-electron chi connectivity index (χ2n) is 7.27. The summed E-state index contributed by atoms with van der Waals surface area (Å²) in [4.78, 5) is 31.2. The molecule has 2 heterocycles. The van der Waals surface area contributed by atoms with Gasteiger partial charge in [-0.15, -0.1) is 0 Å². The molecule has 156 valence electrons. The van der Waals surface area contributed by atoms with Crippen molar-refractivity contribution in [2.75, 3.05) is 0 Å². The van der Waals surface area contributed by atoms with Gasteiger partial charge in [-0.05, 0) is 48.4 Å². The van der Waals surface area contributed by atoms with E-state index in [1.807, 2.05) is 6.92 Å². The third kappa shape index (κ3) is 3.88. The van der Waals surface area contributed by atoms with Gasteiger partial charge in [0, 0.05) is 34.5 Å². The van der Waals surface area contributed by atoms with Crippen LogP contribution in [0.15, 0.2) is 77.0 Å². The molecule has 31 heavy (non-hydrogen) atoms. The largest absolute Gasteiger partial charge is 0.507 e. The van der Waals surface area contributed by atoms with Crippen molar-refractivity contribution in [1.29, 1.82) is 0 Å². The summed E-state index contributed by atoms with van der Waals surface area (Å²) in [6, 6.07) is 13.4. The van der Waals surface area contributed by atoms with Gasteiger partial charge >= 0.3 is 0 Å². The molecule has 0 bridgehead atoms. The first-order valence-corrected chi connectivity index (χ1v) is 10.4. The fourth-order valence-electron chi connectivity index (χ4n) is 3.70. The van der Waals surface area contributed by atoms with E-state index in [2.05, 4.69) is 20.9 Å². The number of Topliss-reactive ketones (excluding diaryl/α,β-unsaturated/α-hetero) is 1. The van der Waals surface area contributed by atoms with Crippen LogP contribution >= 0.6 is 15.9 Å². The first-order valence-electron chi connectivity index (χ1n) is 9.56. The quantitative estimate of drug-likeness (QED) is 0.327. The van der Waals surface area contributed by atoms with Crippen molar-refractivity contribution in [3.8, 4) is 0 Å². The van der Waals surface area contributed by atoms with Crippen LogP contribution in [0, 0.1) is 12.7 Å². The SMILES string of the molecule is Cc1cc(/C(O)=C2\C(=O)C(=O)N(Cc3ccncc3)C2c2ccccc2F)ccc1Br. The van der Waals surface area contributed by atoms with Crippen molar-refractivity contribution in [2.45, 2.75) is 19.5 Å². The first kappa shape index (κ1) is 20.9. The van der Waals surface area contributed by atoms with E-state index in [4.69, 9.17) is 0 Å². The minimum Gasteiger partial charge on any atom is -0.507 e. The lowest BCUT2D eigenvalue weighted by Gasteiger charge is -2.25. The van der Waals surface area contributed by atoms with Gasteiger partial charge in [0.25, 0.3) is 11.7 Å². The Hall–Kier alpha value is -3.32. The summed E-state index contributed by atoms with van der Waals surface area (Å²) < 4.78 is 15.6. The molecule has 1 fully saturated rings. The molecule has 1 N–H and O–H groups in total. The number of ketones is 1. The Morgan fingerprint density at radius 3 is 2.52 bits per heavy atom. The molecule has 4 rings (SSSR count). The van der Waals surface area contributed by atoms with E-state index < -0.39 is 23.5 Å². The zero-order chi connectivity index (χ0) is 22.1. The van der Waals surface area contributed by atoms with E-state index in [0.717, 1.165) is 15.6 Å². The monoisotopic (exact) mass is 480 g/mol. The number of pyridine rings is 1. The molecule has 1 aliphatic rings. The number of likely N-dealkylation sites (tertiary alicyclic amines) is 1. The van der Waals surface area contributed by atoms with Crippen LogP contribution in [-0.4, -0.2) is 26.7 Å². The van der Waals surface area contributed by atoms with Gasteiger partial charge in [0.15, 0.2) is 0 Å². The number of nitrogens with zero attached hydrogens (tertiary/aromatic N) is 2. The van der Waals surface area contributed by atoms with Gasteiger partial charge in [0.1, 0.15) is 11.6 Å². The van der Waals surface area contributed by atoms with Crippen LogP contribution in [0.3, 0.4) is 0 Å². The number of amides is 1. The average molecular weight is 481 g/mol. The van der Waals surface area contributed by atoms with Gasteiger partial charge < -0.3 is 10.0 Å². The number of aliphatic hydroxyl groups is 1. The van der Waals surface area contributed by atoms with E-state index in [1.54, 1.807) is 48.8 Å². The Morgan fingerprint density at radius 2 is 1.84 bits per heavy atom. The highest BCUT2D eigenvalue weighted by molar-refractivity contribution is 9.10. The number of benzene rings is 2. The predicted molar refractivity (Wildman–Crippen MR) is 117 cm³/mol. The molecule has 2 aromatic carbocycles. The normalized spacial score (nSPS) is 17.9. The average Bonchev–Trinajstić information content (AvgIpc) is 3.01. The van der Waals surface area contributed by atoms with Gasteiger partial charge in [0.05, 0.1) is 11.6 Å². The summed E-state index contributed by atoms with van der Waals surface area (Å²) in [7, 11) is 0. The van der Waals surface area contributed by atoms with E-state index in [0.29, 0.717) is 5.56 Å². The molecule has 1 unspecified atom stereocenters. The highest BCUT2D eigenvalue weighted by Gasteiger charge is 2.46. The van der Waals surface area contributed by atoms with E-state index in [9.17, 15) is 19.1 Å².